The number of anilines is 2. The second kappa shape index (κ2) is 17.9. The normalized spacial score (nSPS) is 14.7. The standard InChI is InChI=1S/C39H43Cl2N4O8PS/c1-43-15-16-44(17-18-51-2)39(47)52-33-19-31(42)36(29-9-5-3-7-27(29)33)24(21-40)11-12-26-13-14-35(55-26)38(46)45-23-25(22-41)37-30-10-6-4-8-28(30)34(20-32(37)45)53-54(48,49)50/h3-10,13-14,19-20,24-25,43H,11-12,15-18,21-23,42H2,1-2H3,(H2,48,49,50)/t24-,25+/m0/s1. The number of nitrogens with one attached hydrogen (secondary N) is 1. The van der Waals surface area contributed by atoms with E-state index in [0.717, 1.165) is 32.2 Å². The minimum atomic E-state index is -4.89. The van der Waals surface area contributed by atoms with Gasteiger partial charge in [0, 0.05) is 90.4 Å². The first-order chi connectivity index (χ1) is 26.5. The molecule has 1 aliphatic rings. The number of methoxy groups -OCH3 is 1. The number of likely N-dealkylation sites (N-methyl/N-ethyl adjacent to an activating group) is 1. The first kappa shape index (κ1) is 40.7. The van der Waals surface area contributed by atoms with Crippen LogP contribution < -0.4 is 25.2 Å². The van der Waals surface area contributed by atoms with Crippen molar-refractivity contribution < 1.29 is 37.9 Å². The molecular formula is C39H43Cl2N4O8PS. The molecule has 2 heterocycles. The van der Waals surface area contributed by atoms with Crippen LogP contribution in [0.1, 0.15) is 43.9 Å². The van der Waals surface area contributed by atoms with Crippen LogP contribution in [-0.4, -0.2) is 85.4 Å². The summed E-state index contributed by atoms with van der Waals surface area (Å²) in [6.45, 7) is 2.09. The minimum Gasteiger partial charge on any atom is -0.409 e. The smallest absolute Gasteiger partial charge is 0.409 e. The number of aryl methyl sites for hydroxylation is 1. The lowest BCUT2D eigenvalue weighted by Crippen LogP contribution is -2.40. The van der Waals surface area contributed by atoms with Crippen molar-refractivity contribution in [2.45, 2.75) is 24.7 Å². The molecule has 0 bridgehead atoms. The molecule has 55 heavy (non-hydrogen) atoms. The van der Waals surface area contributed by atoms with E-state index in [9.17, 15) is 23.9 Å². The maximum absolute atomic E-state index is 14.1. The van der Waals surface area contributed by atoms with E-state index < -0.39 is 13.9 Å². The fourth-order valence-electron chi connectivity index (χ4n) is 7.14. The van der Waals surface area contributed by atoms with E-state index in [1.807, 2.05) is 49.5 Å². The van der Waals surface area contributed by atoms with E-state index in [2.05, 4.69) is 5.32 Å². The number of halogens is 2. The Morgan fingerprint density at radius 3 is 2.36 bits per heavy atom. The van der Waals surface area contributed by atoms with Gasteiger partial charge in [0.1, 0.15) is 11.5 Å². The average Bonchev–Trinajstić information content (AvgIpc) is 3.80. The highest BCUT2D eigenvalue weighted by Gasteiger charge is 2.36. The molecule has 5 N–H and O–H groups in total. The van der Waals surface area contributed by atoms with Gasteiger partial charge in [-0.05, 0) is 53.9 Å². The van der Waals surface area contributed by atoms with Crippen molar-refractivity contribution in [1.29, 1.82) is 0 Å². The molecule has 6 rings (SSSR count). The second-order valence-corrected chi connectivity index (χ2v) is 16.2. The monoisotopic (exact) mass is 828 g/mol. The molecule has 0 unspecified atom stereocenters. The third kappa shape index (κ3) is 9.06. The Kier molecular flexibility index (Phi) is 13.3. The number of fused-ring (bicyclic) bond motifs is 4. The summed E-state index contributed by atoms with van der Waals surface area (Å²) in [4.78, 5) is 51.3. The van der Waals surface area contributed by atoms with Crippen molar-refractivity contribution in [2.24, 2.45) is 0 Å². The first-order valence-corrected chi connectivity index (χ1v) is 21.1. The van der Waals surface area contributed by atoms with E-state index >= 15 is 0 Å². The molecule has 2 amide bonds. The number of benzene rings is 4. The largest absolute Gasteiger partial charge is 0.524 e. The number of nitrogens with two attached hydrogens (primary N) is 1. The van der Waals surface area contributed by atoms with Crippen molar-refractivity contribution in [3.8, 4) is 11.5 Å². The maximum atomic E-state index is 14.1. The van der Waals surface area contributed by atoms with Crippen LogP contribution in [0.2, 0.25) is 0 Å². The zero-order valence-electron chi connectivity index (χ0n) is 30.4. The van der Waals surface area contributed by atoms with Crippen molar-refractivity contribution in [3.63, 3.8) is 0 Å². The molecule has 12 nitrogen and oxygen atoms in total. The fraction of sp³-hybridized carbons (Fsp3) is 0.333. The molecule has 1 aromatic heterocycles. The third-order valence-electron chi connectivity index (χ3n) is 9.72. The van der Waals surface area contributed by atoms with Crippen LogP contribution in [0.4, 0.5) is 16.2 Å². The summed E-state index contributed by atoms with van der Waals surface area (Å²) >= 11 is 14.4. The van der Waals surface area contributed by atoms with Crippen LogP contribution >= 0.6 is 42.4 Å². The van der Waals surface area contributed by atoms with Crippen molar-refractivity contribution >= 4 is 87.3 Å². The molecule has 0 saturated heterocycles. The summed E-state index contributed by atoms with van der Waals surface area (Å²) in [5.41, 5.74) is 9.37. The second-order valence-electron chi connectivity index (χ2n) is 13.2. The summed E-state index contributed by atoms with van der Waals surface area (Å²) < 4.78 is 28.1. The highest BCUT2D eigenvalue weighted by Crippen LogP contribution is 2.49. The topological polar surface area (TPSA) is 164 Å². The summed E-state index contributed by atoms with van der Waals surface area (Å²) in [5.74, 6) is 0.293. The quantitative estimate of drug-likeness (QED) is 0.0440. The summed E-state index contributed by atoms with van der Waals surface area (Å²) in [7, 11) is -1.49. The predicted molar refractivity (Wildman–Crippen MR) is 220 cm³/mol. The molecule has 292 valence electrons. The highest BCUT2D eigenvalue weighted by atomic mass is 35.5. The molecule has 0 spiro atoms. The number of alkyl halides is 2. The fourth-order valence-corrected chi connectivity index (χ4v) is 9.08. The van der Waals surface area contributed by atoms with Gasteiger partial charge in [-0.25, -0.2) is 9.36 Å². The van der Waals surface area contributed by atoms with Gasteiger partial charge in [-0.15, -0.1) is 34.5 Å². The Morgan fingerprint density at radius 1 is 1.02 bits per heavy atom. The Morgan fingerprint density at radius 2 is 1.71 bits per heavy atom. The molecule has 2 atom stereocenters. The highest BCUT2D eigenvalue weighted by molar-refractivity contribution is 7.46. The van der Waals surface area contributed by atoms with Gasteiger partial charge in [-0.3, -0.25) is 14.6 Å². The Bertz CT molecular complexity index is 2230. The number of carbonyl (C=O) groups excluding carboxylic acids is 2. The lowest BCUT2D eigenvalue weighted by molar-refractivity contribution is 0.0992. The zero-order valence-corrected chi connectivity index (χ0v) is 33.6. The molecule has 0 aliphatic carbocycles. The number of hydrogen-bond donors (Lipinski definition) is 4. The summed E-state index contributed by atoms with van der Waals surface area (Å²) in [5, 5.41) is 5.87. The Balaban J connectivity index is 1.22. The van der Waals surface area contributed by atoms with Gasteiger partial charge >= 0.3 is 13.9 Å². The van der Waals surface area contributed by atoms with Crippen molar-refractivity contribution in [1.82, 2.24) is 10.2 Å². The molecule has 5 aromatic rings. The number of carbonyl (C=O) groups is 2. The number of amides is 2. The number of rotatable bonds is 16. The van der Waals surface area contributed by atoms with Gasteiger partial charge in [0.15, 0.2) is 0 Å². The Labute approximate surface area is 333 Å². The van der Waals surface area contributed by atoms with Gasteiger partial charge < -0.3 is 34.8 Å². The average molecular weight is 830 g/mol. The number of thiophene rings is 1. The Hall–Kier alpha value is -3.91. The van der Waals surface area contributed by atoms with E-state index in [1.165, 1.54) is 17.4 Å². The lowest BCUT2D eigenvalue weighted by Gasteiger charge is -2.24. The van der Waals surface area contributed by atoms with E-state index in [4.69, 9.17) is 42.9 Å². The number of ether oxygens (including phenoxy) is 2. The van der Waals surface area contributed by atoms with Gasteiger partial charge in [-0.1, -0.05) is 48.5 Å². The van der Waals surface area contributed by atoms with E-state index in [1.54, 1.807) is 41.2 Å². The number of hydrogen-bond acceptors (Lipinski definition) is 9. The maximum Gasteiger partial charge on any atom is 0.524 e. The number of nitrogens with zero attached hydrogens (tertiary/aromatic N) is 2. The molecule has 0 radical (unpaired) electrons. The minimum absolute atomic E-state index is 0.0127. The number of phosphoric acid groups is 1. The molecular weight excluding hydrogens is 786 g/mol. The molecule has 0 saturated carbocycles. The van der Waals surface area contributed by atoms with Crippen LogP contribution in [0.3, 0.4) is 0 Å². The van der Waals surface area contributed by atoms with Crippen LogP contribution in [0.25, 0.3) is 21.5 Å². The number of nitrogen functional groups attached to an aromatic ring is 1. The zero-order chi connectivity index (χ0) is 39.3. The van der Waals surface area contributed by atoms with Gasteiger partial charge in [-0.2, -0.15) is 0 Å². The predicted octanol–water partition coefficient (Wildman–Crippen LogP) is 7.71. The van der Waals surface area contributed by atoms with Gasteiger partial charge in [0.05, 0.1) is 17.2 Å². The SMILES string of the molecule is CNCCN(CCOC)C(=O)Oc1cc(N)c([C@H](CCl)CCc2ccc(C(=O)N3C[C@@H](CCl)c4c3cc(OP(=O)(O)O)c3ccccc43)s2)c2ccccc12. The summed E-state index contributed by atoms with van der Waals surface area (Å²) in [6, 6.07) is 21.7. The van der Waals surface area contributed by atoms with Crippen molar-refractivity contribution in [2.75, 3.05) is 69.3 Å². The van der Waals surface area contributed by atoms with Gasteiger partial charge in [0.25, 0.3) is 5.91 Å². The van der Waals surface area contributed by atoms with Crippen LogP contribution in [0, 0.1) is 0 Å². The molecule has 4 aromatic carbocycles. The third-order valence-corrected chi connectivity index (χ3v) is 12.0. The summed E-state index contributed by atoms with van der Waals surface area (Å²) in [6.07, 6.45) is 0.752. The molecule has 16 heteroatoms. The van der Waals surface area contributed by atoms with E-state index in [-0.39, 0.29) is 35.3 Å². The van der Waals surface area contributed by atoms with E-state index in [0.29, 0.717) is 73.0 Å². The lowest BCUT2D eigenvalue weighted by atomic mass is 9.89. The van der Waals surface area contributed by atoms with Crippen molar-refractivity contribution in [3.05, 3.63) is 93.7 Å². The van der Waals surface area contributed by atoms with Crippen LogP contribution in [0.5, 0.6) is 11.5 Å². The first-order valence-electron chi connectivity index (χ1n) is 17.7. The van der Waals surface area contributed by atoms with Crippen LogP contribution in [0.15, 0.2) is 72.8 Å². The van der Waals surface area contributed by atoms with Crippen LogP contribution in [-0.2, 0) is 15.7 Å². The molecule has 1 aliphatic heterocycles. The number of phosphoric ester groups is 1. The molecule has 0 fully saturated rings. The van der Waals surface area contributed by atoms with Gasteiger partial charge in [0.2, 0.25) is 0 Å².